The molecule has 7 aromatic carbocycles. The highest BCUT2D eigenvalue weighted by Gasteiger charge is 2.32. The highest BCUT2D eigenvalue weighted by atomic mass is 79.9. The maximum Gasteiger partial charge on any atom is 0.488 e. The molecule has 0 bridgehead atoms. The summed E-state index contributed by atoms with van der Waals surface area (Å²) >= 11 is 3.34. The maximum atomic E-state index is 13.5. The number of nitrogen functional groups attached to an aromatic ring is 2. The second-order valence-electron chi connectivity index (χ2n) is 37.1. The van der Waals surface area contributed by atoms with Gasteiger partial charge in [-0.2, -0.15) is 0 Å². The number of benzene rings is 7. The van der Waals surface area contributed by atoms with E-state index in [4.69, 9.17) is 60.1 Å². The molecule has 0 atom stereocenters. The number of hydrogen-bond acceptors (Lipinski definition) is 25. The number of aryl methyl sites for hydroxylation is 1. The van der Waals surface area contributed by atoms with Gasteiger partial charge in [-0.3, -0.25) is 9.59 Å². The molecule has 34 heteroatoms. The summed E-state index contributed by atoms with van der Waals surface area (Å²) in [4.78, 5) is 90.4. The van der Waals surface area contributed by atoms with Gasteiger partial charge in [0.2, 0.25) is 23.5 Å². The lowest BCUT2D eigenvalue weighted by Crippen LogP contribution is -2.44. The zero-order valence-electron chi connectivity index (χ0n) is 83.5. The van der Waals surface area contributed by atoms with Gasteiger partial charge >= 0.3 is 31.2 Å². The van der Waals surface area contributed by atoms with Crippen molar-refractivity contribution in [2.45, 2.75) is 141 Å². The number of anilines is 7. The van der Waals surface area contributed by atoms with Crippen LogP contribution in [0.4, 0.5) is 58.2 Å². The standard InChI is InChI=1S/C25H27FN4O2.C23H31N3O3.C18H23N3O.C15H21BrN2O3.C11H15NO2.C8H12BNO2.C7H6FNO2/c1-29(2)20-7-3-17(4-8-20)18-5-10-24(28-16-18)32-21-11-13-30(14-12-21)25(31)22-15-19(26)6-9-23(22)27;1-23(2,3)29-22(27)26-14-12-20(13-15-26)28-21-11-8-18(16-24-21)17-6-9-19(10-7-17)25(4)5;1-21(2)16-6-3-14(4-7-16)15-5-8-18(20-13-15)22-17-9-11-19-12-10-17;1-15(2,3)21-14(19)18-8-6-12(7-9-18)20-13-5-4-11(16)10-17-13;1-12(2)10-6-3-9(4-7-10)5-8-11(13)14;1-10(2)8-5-3-7(4-6-8)9(11)12;8-4-1-2-6(9)5(3-4)7(10)11/h3-10,15-16,21H,11-14,27H2,1-2H3;6-11,16,20H,12-15H2,1-5H3;3-8,13,17,19H,9-12H2,1-2H3;4-5,10,12H,6-9H2,1-3H3;3-4,6-7H,5,8H2,1-2H3,(H,13,14);3-6,11-12H,1-2H3;1-3H,9H2,(H,10,11). The fraction of sp³-hybridized carbons (Fsp3) is 0.374. The van der Waals surface area contributed by atoms with Gasteiger partial charge in [0.1, 0.15) is 47.3 Å². The number of amides is 3. The molecule has 3 amide bonds. The van der Waals surface area contributed by atoms with E-state index in [9.17, 15) is 32.8 Å². The van der Waals surface area contributed by atoms with Gasteiger partial charge < -0.3 is 105 Å². The first kappa shape index (κ1) is 111. The second-order valence-corrected chi connectivity index (χ2v) is 38.0. The second kappa shape index (κ2) is 54.1. The number of carboxylic acids is 2. The van der Waals surface area contributed by atoms with Crippen LogP contribution in [0.25, 0.3) is 33.4 Å². The van der Waals surface area contributed by atoms with Crippen molar-refractivity contribution in [3.8, 4) is 56.9 Å². The zero-order valence-corrected chi connectivity index (χ0v) is 85.1. The fourth-order valence-electron chi connectivity index (χ4n) is 14.6. The van der Waals surface area contributed by atoms with Crippen molar-refractivity contribution < 1.29 is 81.4 Å². The molecular weight excluding hydrogens is 1860 g/mol. The minimum atomic E-state index is -1.37. The van der Waals surface area contributed by atoms with E-state index in [0.29, 0.717) is 87.7 Å². The Labute approximate surface area is 835 Å². The van der Waals surface area contributed by atoms with Gasteiger partial charge in [-0.1, -0.05) is 60.7 Å². The Morgan fingerprint density at radius 1 is 0.404 bits per heavy atom. The van der Waals surface area contributed by atoms with Crippen molar-refractivity contribution in [2.75, 3.05) is 159 Å². The number of nitrogens with one attached hydrogen (secondary N) is 1. The first-order valence-electron chi connectivity index (χ1n) is 46.9. The van der Waals surface area contributed by atoms with Crippen LogP contribution in [0.15, 0.2) is 236 Å². The average molecular weight is 2000 g/mol. The number of aliphatic carboxylic acids is 1. The van der Waals surface area contributed by atoms with Crippen LogP contribution in [0.3, 0.4) is 0 Å². The van der Waals surface area contributed by atoms with Crippen LogP contribution in [0.5, 0.6) is 23.5 Å². The van der Waals surface area contributed by atoms with E-state index in [1.807, 2.05) is 219 Å². The quantitative estimate of drug-likeness (QED) is 0.0245. The van der Waals surface area contributed by atoms with Crippen molar-refractivity contribution in [1.82, 2.24) is 40.0 Å². The molecule has 9 N–H and O–H groups in total. The Kier molecular flexibility index (Phi) is 42.5. The van der Waals surface area contributed by atoms with Gasteiger partial charge in [-0.15, -0.1) is 0 Å². The number of carbonyl (C=O) groups excluding carboxylic acids is 3. The van der Waals surface area contributed by atoms with Crippen molar-refractivity contribution in [1.29, 1.82) is 0 Å². The Balaban J connectivity index is 0.000000189. The first-order chi connectivity index (χ1) is 67.0. The molecule has 0 spiro atoms. The number of halogens is 3. The molecule has 4 aromatic heterocycles. The number of ether oxygens (including phenoxy) is 6. The zero-order chi connectivity index (χ0) is 103. The topological polar surface area (TPSA) is 363 Å². The highest BCUT2D eigenvalue weighted by molar-refractivity contribution is 9.10. The molecule has 15 rings (SSSR count). The molecule has 30 nitrogen and oxygen atoms in total. The number of hydrogen-bond donors (Lipinski definition) is 7. The van der Waals surface area contributed by atoms with E-state index in [1.165, 1.54) is 41.2 Å². The van der Waals surface area contributed by atoms with Crippen LogP contribution >= 0.6 is 15.9 Å². The molecule has 0 aliphatic carbocycles. The predicted octanol–water partition coefficient (Wildman–Crippen LogP) is 17.7. The van der Waals surface area contributed by atoms with Crippen molar-refractivity contribution in [3.05, 3.63) is 264 Å². The third-order valence-electron chi connectivity index (χ3n) is 22.7. The minimum Gasteiger partial charge on any atom is -0.481 e. The molecule has 752 valence electrons. The summed E-state index contributed by atoms with van der Waals surface area (Å²) in [6, 6.07) is 62.9. The molecule has 11 aromatic rings. The molecule has 4 saturated heterocycles. The molecule has 0 unspecified atom stereocenters. The van der Waals surface area contributed by atoms with Crippen LogP contribution in [-0.2, 0) is 20.7 Å². The molecule has 4 fully saturated rings. The SMILES string of the molecule is CC(C)(C)OC(=O)N1CCC(Oc2ccc(Br)cn2)CC1.CN(C)c1ccc(-c2ccc(OC3CCN(C(=O)OC(C)(C)C)CC3)nc2)cc1.CN(C)c1ccc(-c2ccc(OC3CCN(C(=O)c4cc(F)ccc4N)CC3)nc2)cc1.CN(C)c1ccc(-c2ccc(OC3CCNCC3)nc2)cc1.CN(C)c1ccc(B(O)O)cc1.CN(C)c1ccc(CCC(=O)O)cc1.Nc1ccc(F)cc1C(=O)O. The smallest absolute Gasteiger partial charge is 0.481 e. The molecule has 4 aliphatic heterocycles. The van der Waals surface area contributed by atoms with Gasteiger partial charge in [-0.25, -0.2) is 43.1 Å². The number of piperidine rings is 4. The molecule has 8 heterocycles. The van der Waals surface area contributed by atoms with Crippen molar-refractivity contribution in [3.63, 3.8) is 0 Å². The van der Waals surface area contributed by atoms with E-state index in [1.54, 1.807) is 33.0 Å². The summed E-state index contributed by atoms with van der Waals surface area (Å²) in [7, 11) is 18.6. The van der Waals surface area contributed by atoms with E-state index in [0.717, 1.165) is 125 Å². The van der Waals surface area contributed by atoms with Crippen LogP contribution in [0, 0.1) is 11.6 Å². The first-order valence-corrected chi connectivity index (χ1v) is 47.7. The molecule has 0 radical (unpaired) electrons. The number of carboxylic acid groups (broad SMARTS) is 2. The summed E-state index contributed by atoms with van der Waals surface area (Å²) < 4.78 is 61.5. The van der Waals surface area contributed by atoms with E-state index in [2.05, 4.69) is 135 Å². The number of carbonyl (C=O) groups is 5. The summed E-state index contributed by atoms with van der Waals surface area (Å²) in [6.45, 7) is 16.9. The Bertz CT molecular complexity index is 5660. The number of aromatic nitrogens is 4. The summed E-state index contributed by atoms with van der Waals surface area (Å²) in [5, 5.41) is 37.9. The monoisotopic (exact) mass is 2000 g/mol. The summed E-state index contributed by atoms with van der Waals surface area (Å²) in [5.41, 5.74) is 24.4. The van der Waals surface area contributed by atoms with Crippen LogP contribution in [0.2, 0.25) is 0 Å². The normalized spacial score (nSPS) is 13.8. The number of rotatable bonds is 22. The van der Waals surface area contributed by atoms with Crippen LogP contribution in [0.1, 0.15) is 126 Å². The number of likely N-dealkylation sites (tertiary alicyclic amines) is 3. The maximum absolute atomic E-state index is 13.5. The van der Waals surface area contributed by atoms with Crippen LogP contribution < -0.4 is 65.7 Å². The minimum absolute atomic E-state index is 0.0263. The number of pyridine rings is 4. The van der Waals surface area contributed by atoms with Crippen molar-refractivity contribution in [2.24, 2.45) is 0 Å². The molecular formula is C107H135BBrF2N15O15. The van der Waals surface area contributed by atoms with Crippen LogP contribution in [-0.4, -0.2) is 251 Å². The van der Waals surface area contributed by atoms with Crippen molar-refractivity contribution >= 4 is 98.4 Å². The predicted molar refractivity (Wildman–Crippen MR) is 559 cm³/mol. The Morgan fingerprint density at radius 3 is 0.993 bits per heavy atom. The number of nitrogens with two attached hydrogens (primary N) is 2. The molecule has 4 aliphatic rings. The molecule has 141 heavy (non-hydrogen) atoms. The lowest BCUT2D eigenvalue weighted by molar-refractivity contribution is -0.137. The molecule has 0 saturated carbocycles. The number of nitrogens with zero attached hydrogens (tertiary/aromatic N) is 12. The Morgan fingerprint density at radius 2 is 0.702 bits per heavy atom. The average Bonchev–Trinajstić information content (AvgIpc) is 0.824. The van der Waals surface area contributed by atoms with E-state index >= 15 is 0 Å². The summed E-state index contributed by atoms with van der Waals surface area (Å²) in [5.74, 6) is -0.755. The Hall–Kier alpha value is -13.8. The lowest BCUT2D eigenvalue weighted by Gasteiger charge is -2.33. The van der Waals surface area contributed by atoms with Gasteiger partial charge in [0.15, 0.2) is 0 Å². The summed E-state index contributed by atoms with van der Waals surface area (Å²) in [6.07, 6.45) is 14.6. The van der Waals surface area contributed by atoms with E-state index in [-0.39, 0.29) is 65.3 Å². The third kappa shape index (κ3) is 37.7. The third-order valence-corrected chi connectivity index (χ3v) is 23.2. The largest absolute Gasteiger partial charge is 0.488 e. The van der Waals surface area contributed by atoms with Gasteiger partial charge in [0.25, 0.3) is 5.91 Å². The van der Waals surface area contributed by atoms with E-state index < -0.39 is 41.9 Å². The highest BCUT2D eigenvalue weighted by Crippen LogP contribution is 2.32. The van der Waals surface area contributed by atoms with Gasteiger partial charge in [0.05, 0.1) is 11.1 Å². The fourth-order valence-corrected chi connectivity index (χ4v) is 14.9. The number of aromatic carboxylic acids is 1. The van der Waals surface area contributed by atoms with Gasteiger partial charge in [-0.05, 0) is 239 Å². The van der Waals surface area contributed by atoms with Gasteiger partial charge in [0, 0.05) is 265 Å². The lowest BCUT2D eigenvalue weighted by atomic mass is 9.80.